The zero-order chi connectivity index (χ0) is 22.8. The Morgan fingerprint density at radius 2 is 1.47 bits per heavy atom. The molecule has 0 spiro atoms. The van der Waals surface area contributed by atoms with Crippen LogP contribution in [0.2, 0.25) is 0 Å². The molecule has 0 bridgehead atoms. The molecule has 0 aliphatic heterocycles. The summed E-state index contributed by atoms with van der Waals surface area (Å²) in [7, 11) is 0. The molecule has 0 heterocycles. The van der Waals surface area contributed by atoms with Crippen LogP contribution in [0, 0.1) is 11.6 Å². The van der Waals surface area contributed by atoms with Gasteiger partial charge in [-0.1, -0.05) is 36.4 Å². The second-order valence-electron chi connectivity index (χ2n) is 7.56. The van der Waals surface area contributed by atoms with E-state index in [1.165, 1.54) is 24.3 Å². The van der Waals surface area contributed by atoms with E-state index in [1.807, 2.05) is 19.1 Å². The molecular weight excluding hydrogens is 414 g/mol. The van der Waals surface area contributed by atoms with Crippen molar-refractivity contribution < 1.29 is 13.9 Å². The summed E-state index contributed by atoms with van der Waals surface area (Å²) in [6.45, 7) is 1.90. The Labute approximate surface area is 182 Å². The van der Waals surface area contributed by atoms with Crippen LogP contribution in [0.15, 0.2) is 82.4 Å². The van der Waals surface area contributed by atoms with E-state index in [1.54, 1.807) is 36.4 Å². The smallest absolute Gasteiger partial charge is 0.271 e. The summed E-state index contributed by atoms with van der Waals surface area (Å²) in [5.74, 6) is -1.29. The Bertz CT molecular complexity index is 1330. The molecule has 0 aliphatic carbocycles. The van der Waals surface area contributed by atoms with E-state index in [0.717, 1.165) is 16.7 Å². The van der Waals surface area contributed by atoms with Crippen LogP contribution in [-0.4, -0.2) is 5.11 Å². The van der Waals surface area contributed by atoms with Crippen LogP contribution in [-0.2, 0) is 0 Å². The molecule has 0 radical (unpaired) electrons. The van der Waals surface area contributed by atoms with Crippen molar-refractivity contribution in [3.8, 4) is 5.75 Å². The van der Waals surface area contributed by atoms with Gasteiger partial charge in [0, 0.05) is 11.7 Å². The summed E-state index contributed by atoms with van der Waals surface area (Å²) in [5.41, 5.74) is 0.968. The van der Waals surface area contributed by atoms with Crippen LogP contribution in [0.1, 0.15) is 35.7 Å². The molecule has 0 saturated carbocycles. The topological polar surface area (TPSA) is 78.4 Å². The first-order valence-corrected chi connectivity index (χ1v) is 9.99. The van der Waals surface area contributed by atoms with E-state index in [4.69, 9.17) is 0 Å². The maximum absolute atomic E-state index is 13.7. The minimum Gasteiger partial charge on any atom is -0.502 e. The summed E-state index contributed by atoms with van der Waals surface area (Å²) >= 11 is 0. The first-order valence-electron chi connectivity index (χ1n) is 9.99. The minimum absolute atomic E-state index is 0.147. The molecule has 0 fully saturated rings. The first kappa shape index (κ1) is 21.4. The Kier molecular flexibility index (Phi) is 5.83. The number of halogens is 2. The van der Waals surface area contributed by atoms with Crippen LogP contribution in [0.25, 0.3) is 0 Å². The van der Waals surface area contributed by atoms with Gasteiger partial charge in [0.2, 0.25) is 0 Å². The van der Waals surface area contributed by atoms with Crippen molar-refractivity contribution in [3.63, 3.8) is 0 Å². The fraction of sp³-hybridized carbons (Fsp3) is 0.120. The number of rotatable bonds is 7. The van der Waals surface area contributed by atoms with Gasteiger partial charge in [0.05, 0.1) is 6.04 Å². The lowest BCUT2D eigenvalue weighted by atomic mass is 9.96. The molecule has 0 amide bonds. The average Bonchev–Trinajstić information content (AvgIpc) is 2.81. The zero-order valence-corrected chi connectivity index (χ0v) is 17.1. The first-order chi connectivity index (χ1) is 15.3. The van der Waals surface area contributed by atoms with Gasteiger partial charge in [0.15, 0.2) is 5.75 Å². The predicted molar refractivity (Wildman–Crippen MR) is 119 cm³/mol. The molecule has 32 heavy (non-hydrogen) atoms. The number of hydrogen-bond acceptors (Lipinski definition) is 5. The quantitative estimate of drug-likeness (QED) is 0.375. The Morgan fingerprint density at radius 1 is 0.781 bits per heavy atom. The molecule has 0 aliphatic rings. The second kappa shape index (κ2) is 8.72. The molecule has 7 heteroatoms. The van der Waals surface area contributed by atoms with E-state index in [2.05, 4.69) is 10.6 Å². The fourth-order valence-electron chi connectivity index (χ4n) is 3.60. The molecule has 0 aromatic heterocycles. The number of aromatic hydroxyl groups is 1. The molecule has 4 aromatic rings. The van der Waals surface area contributed by atoms with Crippen LogP contribution < -0.4 is 21.5 Å². The highest BCUT2D eigenvalue weighted by molar-refractivity contribution is 5.69. The van der Waals surface area contributed by atoms with Crippen molar-refractivity contribution in [2.45, 2.75) is 19.0 Å². The third-order valence-electron chi connectivity index (χ3n) is 5.34. The molecule has 4 aromatic carbocycles. The van der Waals surface area contributed by atoms with E-state index in [-0.39, 0.29) is 23.4 Å². The SMILES string of the molecule is C[C@@H](NC(c1ccc(F)cc1)c1cccc(Nc2c(O)c(=O)c2=O)c1)c1cccc(F)c1. The summed E-state index contributed by atoms with van der Waals surface area (Å²) in [5, 5.41) is 15.9. The largest absolute Gasteiger partial charge is 0.502 e. The third kappa shape index (κ3) is 4.29. The van der Waals surface area contributed by atoms with E-state index in [9.17, 15) is 23.5 Å². The van der Waals surface area contributed by atoms with Crippen molar-refractivity contribution >= 4 is 11.4 Å². The molecular formula is C25H20F2N2O3. The van der Waals surface area contributed by atoms with Crippen LogP contribution in [0.5, 0.6) is 5.75 Å². The lowest BCUT2D eigenvalue weighted by Crippen LogP contribution is -2.32. The highest BCUT2D eigenvalue weighted by Crippen LogP contribution is 2.30. The third-order valence-corrected chi connectivity index (χ3v) is 5.34. The van der Waals surface area contributed by atoms with Gasteiger partial charge in [-0.2, -0.15) is 0 Å². The van der Waals surface area contributed by atoms with E-state index >= 15 is 0 Å². The van der Waals surface area contributed by atoms with Gasteiger partial charge in [0.1, 0.15) is 17.3 Å². The number of nitrogens with one attached hydrogen (secondary N) is 2. The minimum atomic E-state index is -0.918. The molecule has 5 nitrogen and oxygen atoms in total. The maximum atomic E-state index is 13.7. The highest BCUT2D eigenvalue weighted by atomic mass is 19.1. The van der Waals surface area contributed by atoms with Crippen molar-refractivity contribution in [1.82, 2.24) is 5.32 Å². The predicted octanol–water partition coefficient (Wildman–Crippen LogP) is 4.45. The summed E-state index contributed by atoms with van der Waals surface area (Å²) < 4.78 is 27.2. The lowest BCUT2D eigenvalue weighted by Gasteiger charge is -2.25. The summed E-state index contributed by atoms with van der Waals surface area (Å²) in [6, 6.07) is 18.7. The second-order valence-corrected chi connectivity index (χ2v) is 7.56. The van der Waals surface area contributed by atoms with Gasteiger partial charge >= 0.3 is 0 Å². The van der Waals surface area contributed by atoms with Crippen molar-refractivity contribution in [3.05, 3.63) is 122 Å². The molecule has 1 unspecified atom stereocenters. The van der Waals surface area contributed by atoms with Crippen molar-refractivity contribution in [2.75, 3.05) is 5.32 Å². The molecule has 162 valence electrons. The molecule has 3 N–H and O–H groups in total. The molecule has 2 atom stereocenters. The lowest BCUT2D eigenvalue weighted by molar-refractivity contribution is 0.466. The monoisotopic (exact) mass is 434 g/mol. The standard InChI is InChI=1S/C25H20F2N2O3/c1-14(16-4-2-6-19(27)12-16)28-21(15-8-10-18(26)11-9-15)17-5-3-7-20(13-17)29-22-23(30)25(32)24(22)31/h2-14,21,28-30H,1H3/t14-,21?/m1/s1. The van der Waals surface area contributed by atoms with Crippen LogP contribution in [0.3, 0.4) is 0 Å². The highest BCUT2D eigenvalue weighted by Gasteiger charge is 2.22. The van der Waals surface area contributed by atoms with Crippen LogP contribution in [0.4, 0.5) is 20.2 Å². The van der Waals surface area contributed by atoms with Crippen molar-refractivity contribution in [2.24, 2.45) is 0 Å². The van der Waals surface area contributed by atoms with E-state index in [0.29, 0.717) is 5.69 Å². The van der Waals surface area contributed by atoms with Gasteiger partial charge < -0.3 is 10.4 Å². The summed E-state index contributed by atoms with van der Waals surface area (Å²) in [6.07, 6.45) is 0. The Balaban J connectivity index is 1.67. The average molecular weight is 434 g/mol. The number of anilines is 2. The Morgan fingerprint density at radius 3 is 2.16 bits per heavy atom. The Hall–Kier alpha value is -3.84. The van der Waals surface area contributed by atoms with Gasteiger partial charge in [0.25, 0.3) is 10.9 Å². The van der Waals surface area contributed by atoms with Crippen molar-refractivity contribution in [1.29, 1.82) is 0 Å². The maximum Gasteiger partial charge on any atom is 0.271 e. The molecule has 4 rings (SSSR count). The fourth-order valence-corrected chi connectivity index (χ4v) is 3.60. The van der Waals surface area contributed by atoms with Gasteiger partial charge in [-0.15, -0.1) is 0 Å². The summed E-state index contributed by atoms with van der Waals surface area (Å²) in [4.78, 5) is 22.9. The molecule has 0 saturated heterocycles. The zero-order valence-electron chi connectivity index (χ0n) is 17.1. The normalized spacial score (nSPS) is 13.1. The number of hydrogen-bond donors (Lipinski definition) is 3. The van der Waals surface area contributed by atoms with Gasteiger partial charge in [-0.3, -0.25) is 14.9 Å². The van der Waals surface area contributed by atoms with Gasteiger partial charge in [-0.05, 0) is 60.0 Å². The number of benzene rings is 3. The van der Waals surface area contributed by atoms with Crippen LogP contribution >= 0.6 is 0 Å². The van der Waals surface area contributed by atoms with E-state index < -0.39 is 22.6 Å². The van der Waals surface area contributed by atoms with Gasteiger partial charge in [-0.25, -0.2) is 8.78 Å².